The van der Waals surface area contributed by atoms with Crippen LogP contribution in [0.25, 0.3) is 41.7 Å². The predicted octanol–water partition coefficient (Wildman–Crippen LogP) is 14.7. The molecular formula is C64H62Cl2N12O8S3. The smallest absolute Gasteiger partial charge is 0.320 e. The fourth-order valence-electron chi connectivity index (χ4n) is 9.44. The summed E-state index contributed by atoms with van der Waals surface area (Å²) in [6, 6.07) is 39.1. The van der Waals surface area contributed by atoms with Crippen LogP contribution in [0.2, 0.25) is 10.0 Å². The second kappa shape index (κ2) is 26.1. The summed E-state index contributed by atoms with van der Waals surface area (Å²) in [5.41, 5.74) is 7.61. The van der Waals surface area contributed by atoms with Crippen LogP contribution in [0.5, 0.6) is 34.5 Å². The van der Waals surface area contributed by atoms with Crippen molar-refractivity contribution in [2.45, 2.75) is 77.8 Å². The van der Waals surface area contributed by atoms with Crippen molar-refractivity contribution < 1.29 is 39.5 Å². The van der Waals surface area contributed by atoms with E-state index in [-0.39, 0.29) is 58.7 Å². The van der Waals surface area contributed by atoms with Crippen molar-refractivity contribution in [3.63, 3.8) is 0 Å². The number of hydrogen-bond donors (Lipinski definition) is 8. The lowest BCUT2D eigenvalue weighted by molar-refractivity contribution is 0.250. The molecule has 20 nitrogen and oxygen atoms in total. The number of urea groups is 2. The second-order valence-corrected chi connectivity index (χ2v) is 26.5. The Bertz CT molecular complexity index is 4580. The van der Waals surface area contributed by atoms with Crippen molar-refractivity contribution in [1.82, 2.24) is 49.0 Å². The van der Waals surface area contributed by atoms with Crippen LogP contribution < -0.4 is 30.7 Å². The Morgan fingerprint density at radius 3 is 1.47 bits per heavy atom. The summed E-state index contributed by atoms with van der Waals surface area (Å²) in [6.07, 6.45) is 3.56. The second-order valence-electron chi connectivity index (χ2n) is 22.6. The van der Waals surface area contributed by atoms with Crippen molar-refractivity contribution in [1.29, 1.82) is 0 Å². The number of para-hydroxylation sites is 2. The molecule has 6 aromatic heterocycles. The van der Waals surface area contributed by atoms with E-state index in [4.69, 9.17) is 48.0 Å². The number of anilines is 2. The maximum absolute atomic E-state index is 13.1. The molecule has 0 saturated carbocycles. The van der Waals surface area contributed by atoms with Crippen LogP contribution >= 0.6 is 57.6 Å². The molecule has 6 aromatic carbocycles. The molecule has 4 amide bonds. The highest BCUT2D eigenvalue weighted by Crippen LogP contribution is 2.37. The van der Waals surface area contributed by atoms with Crippen molar-refractivity contribution >= 4 is 112 Å². The molecule has 0 saturated heterocycles. The lowest BCUT2D eigenvalue weighted by atomic mass is 9.92. The number of benzene rings is 6. The minimum absolute atomic E-state index is 0.0362. The number of fused-ring (bicyclic) bond motifs is 6. The molecule has 12 aromatic rings. The van der Waals surface area contributed by atoms with Crippen LogP contribution in [0.4, 0.5) is 21.2 Å². The first kappa shape index (κ1) is 61.8. The first-order valence-corrected chi connectivity index (χ1v) is 31.6. The number of phenolic OH excluding ortho intramolecular Hbond substituents is 2. The third kappa shape index (κ3) is 13.9. The third-order valence-electron chi connectivity index (χ3n) is 14.1. The fourth-order valence-corrected chi connectivity index (χ4v) is 12.6. The summed E-state index contributed by atoms with van der Waals surface area (Å²) in [5, 5.41) is 59.9. The summed E-state index contributed by atoms with van der Waals surface area (Å²) in [7, 11) is 0. The quantitative estimate of drug-likeness (QED) is 0.0396. The van der Waals surface area contributed by atoms with Crippen molar-refractivity contribution in [3.8, 4) is 45.9 Å². The maximum Gasteiger partial charge on any atom is 0.320 e. The van der Waals surface area contributed by atoms with Gasteiger partial charge in [0.15, 0.2) is 9.92 Å². The maximum atomic E-state index is 13.1. The summed E-state index contributed by atoms with van der Waals surface area (Å²) in [4.78, 5) is 36.9. The van der Waals surface area contributed by atoms with E-state index in [1.165, 1.54) is 23.5 Å². The molecule has 0 spiro atoms. The van der Waals surface area contributed by atoms with Crippen LogP contribution in [0.3, 0.4) is 0 Å². The van der Waals surface area contributed by atoms with Gasteiger partial charge in [-0.1, -0.05) is 124 Å². The summed E-state index contributed by atoms with van der Waals surface area (Å²) >= 11 is 17.1. The molecule has 0 aliphatic rings. The number of phenols is 2. The van der Waals surface area contributed by atoms with Crippen molar-refractivity contribution in [2.24, 2.45) is 0 Å². The molecule has 458 valence electrons. The van der Waals surface area contributed by atoms with Crippen molar-refractivity contribution in [2.75, 3.05) is 23.0 Å². The van der Waals surface area contributed by atoms with Gasteiger partial charge in [-0.25, -0.2) is 28.9 Å². The predicted molar refractivity (Wildman–Crippen MR) is 353 cm³/mol. The van der Waals surface area contributed by atoms with Gasteiger partial charge in [0.2, 0.25) is 0 Å². The normalized spacial score (nSPS) is 11.8. The van der Waals surface area contributed by atoms with Gasteiger partial charge in [-0.15, -0.1) is 0 Å². The van der Waals surface area contributed by atoms with Crippen LogP contribution in [0.1, 0.15) is 75.4 Å². The highest BCUT2D eigenvalue weighted by Gasteiger charge is 2.25. The minimum atomic E-state index is -0.427. The number of aliphatic hydroxyl groups is 2. The zero-order valence-electron chi connectivity index (χ0n) is 49.1. The molecule has 12 rings (SSSR count). The van der Waals surface area contributed by atoms with Crippen LogP contribution in [0.15, 0.2) is 146 Å². The van der Waals surface area contributed by atoms with Crippen molar-refractivity contribution in [3.05, 3.63) is 190 Å². The van der Waals surface area contributed by atoms with Gasteiger partial charge in [0.25, 0.3) is 0 Å². The number of carbonyl (C=O) groups excluding carboxylic acids is 2. The molecule has 0 atom stereocenters. The molecule has 8 N–H and O–H groups in total. The number of aliphatic hydroxyl groups excluding tert-OH is 2. The number of thiazole rings is 2. The molecule has 6 heterocycles. The molecule has 0 fully saturated rings. The SMILES string of the molecule is CC(C)(C)c1cc(NC(=O)NCc2ccccc2Oc2ccc3c(c2)sc2ncc(CO)n23)n(-c2ccc(O)c(Cl)c2)n1.CC(C)(C)c1cc(NC(=O)NCc2ccccc2Oc2ccc3c(c2)sc2ncc(CSCCO)n23)n(-c2ccc(O)c(Cl)c2)n1. The van der Waals surface area contributed by atoms with E-state index in [2.05, 4.69) is 35.6 Å². The Kier molecular flexibility index (Phi) is 18.1. The van der Waals surface area contributed by atoms with Crippen LogP contribution in [-0.4, -0.2) is 83.2 Å². The summed E-state index contributed by atoms with van der Waals surface area (Å²) in [5.74, 6) is 4.84. The van der Waals surface area contributed by atoms with Crippen LogP contribution in [0, 0.1) is 0 Å². The third-order valence-corrected chi connectivity index (χ3v) is 17.7. The Balaban J connectivity index is 0.000000184. The lowest BCUT2D eigenvalue weighted by Crippen LogP contribution is -2.29. The number of nitrogens with zero attached hydrogens (tertiary/aromatic N) is 8. The highest BCUT2D eigenvalue weighted by molar-refractivity contribution is 7.98. The van der Waals surface area contributed by atoms with E-state index in [0.717, 1.165) is 70.0 Å². The molecule has 0 bridgehead atoms. The van der Waals surface area contributed by atoms with Gasteiger partial charge in [0, 0.05) is 70.8 Å². The van der Waals surface area contributed by atoms with Gasteiger partial charge < -0.3 is 40.5 Å². The number of thioether (sulfide) groups is 1. The van der Waals surface area contributed by atoms with E-state index < -0.39 is 12.1 Å². The van der Waals surface area contributed by atoms with E-state index >= 15 is 0 Å². The van der Waals surface area contributed by atoms with Gasteiger partial charge >= 0.3 is 12.1 Å². The average Bonchev–Trinajstić information content (AvgIpc) is 1.79. The number of aromatic hydroxyl groups is 2. The lowest BCUT2D eigenvalue weighted by Gasteiger charge is -2.14. The van der Waals surface area contributed by atoms with Gasteiger partial charge in [-0.3, -0.25) is 19.4 Å². The molecule has 0 aliphatic heterocycles. The average molecular weight is 1290 g/mol. The van der Waals surface area contributed by atoms with E-state index in [1.807, 2.05) is 149 Å². The minimum Gasteiger partial charge on any atom is -0.506 e. The number of nitrogens with one attached hydrogen (secondary N) is 4. The Morgan fingerprint density at radius 2 is 1.03 bits per heavy atom. The molecule has 0 radical (unpaired) electrons. The topological polar surface area (TPSA) is 252 Å². The molecule has 25 heteroatoms. The summed E-state index contributed by atoms with van der Waals surface area (Å²) < 4.78 is 21.9. The zero-order chi connectivity index (χ0) is 62.7. The Hall–Kier alpha value is -8.81. The van der Waals surface area contributed by atoms with E-state index in [1.54, 1.807) is 62.9 Å². The highest BCUT2D eigenvalue weighted by atomic mass is 35.5. The Labute approximate surface area is 533 Å². The number of imidazole rings is 2. The largest absolute Gasteiger partial charge is 0.506 e. The van der Waals surface area contributed by atoms with Gasteiger partial charge in [-0.2, -0.15) is 22.0 Å². The zero-order valence-corrected chi connectivity index (χ0v) is 53.0. The standard InChI is InChI=1S/C33H33ClN6O4S2.C31H29ClN6O4S/c1-33(2,3)29-16-30(40(38-29)21-8-11-26(42)24(34)14-21)37-31(43)35-17-20-6-4-5-7-27(20)44-23-9-10-25-28(15-23)46-32-36-18-22(39(25)32)19-45-13-12-41;1-31(2,3)27-14-28(38(36-27)19-8-11-24(40)22(32)12-19)35-29(41)33-15-18-6-4-5-7-25(18)42-21-9-10-23-26(13-21)43-30-34-16-20(17-39)37(23)30/h4-11,14-16,18,41-42H,12-13,17,19H2,1-3H3,(H2,35,37,43);4-14,16,39-40H,15,17H2,1-3H3,(H2,33,35,41). The van der Waals surface area contributed by atoms with E-state index in [9.17, 15) is 24.9 Å². The number of aromatic nitrogens is 8. The summed E-state index contributed by atoms with van der Waals surface area (Å²) in [6.45, 7) is 12.7. The molecule has 0 aliphatic carbocycles. The molecule has 89 heavy (non-hydrogen) atoms. The van der Waals surface area contributed by atoms with Gasteiger partial charge in [-0.05, 0) is 72.8 Å². The first-order valence-electron chi connectivity index (χ1n) is 28.1. The van der Waals surface area contributed by atoms with Crippen LogP contribution in [-0.2, 0) is 36.3 Å². The fraction of sp³-hybridized carbons (Fsp3) is 0.219. The monoisotopic (exact) mass is 1290 g/mol. The Morgan fingerprint density at radius 1 is 0.584 bits per heavy atom. The number of halogens is 2. The van der Waals surface area contributed by atoms with Gasteiger partial charge in [0.1, 0.15) is 46.1 Å². The number of ether oxygens (including phenoxy) is 2. The molecular weight excluding hydrogens is 1230 g/mol. The van der Waals surface area contributed by atoms with E-state index in [0.29, 0.717) is 51.8 Å². The number of hydrogen-bond acceptors (Lipinski definition) is 15. The number of carbonyl (C=O) groups is 2. The van der Waals surface area contributed by atoms with Gasteiger partial charge in [0.05, 0.1) is 90.2 Å². The molecule has 0 unspecified atom stereocenters. The first-order chi connectivity index (χ1) is 42.7. The number of amides is 4. The number of rotatable bonds is 17.